The lowest BCUT2D eigenvalue weighted by molar-refractivity contribution is 0.00578. The first-order chi connectivity index (χ1) is 12.7. The molecule has 0 unspecified atom stereocenters. The van der Waals surface area contributed by atoms with Crippen LogP contribution in [-0.4, -0.2) is 29.4 Å². The van der Waals surface area contributed by atoms with Crippen molar-refractivity contribution in [2.24, 2.45) is 0 Å². The van der Waals surface area contributed by atoms with Gasteiger partial charge in [0.05, 0.1) is 11.2 Å². The molecular formula is C19H22BFN2O4. The highest BCUT2D eigenvalue weighted by atomic mass is 19.1. The van der Waals surface area contributed by atoms with Crippen molar-refractivity contribution in [2.75, 3.05) is 5.32 Å². The molecule has 1 N–H and O–H groups in total. The van der Waals surface area contributed by atoms with Gasteiger partial charge in [-0.2, -0.15) is 0 Å². The van der Waals surface area contributed by atoms with Crippen LogP contribution in [0.25, 0.3) is 0 Å². The lowest BCUT2D eigenvalue weighted by Gasteiger charge is -2.32. The Balaban J connectivity index is 1.62. The van der Waals surface area contributed by atoms with Crippen LogP contribution >= 0.6 is 0 Å². The van der Waals surface area contributed by atoms with Crippen molar-refractivity contribution in [3.8, 4) is 0 Å². The lowest BCUT2D eigenvalue weighted by atomic mass is 9.80. The van der Waals surface area contributed by atoms with Crippen LogP contribution in [-0.2, 0) is 20.7 Å². The monoisotopic (exact) mass is 372 g/mol. The summed E-state index contributed by atoms with van der Waals surface area (Å²) >= 11 is 0. The zero-order valence-electron chi connectivity index (χ0n) is 15.8. The predicted octanol–water partition coefficient (Wildman–Crippen LogP) is 3.27. The van der Waals surface area contributed by atoms with Crippen LogP contribution < -0.4 is 10.8 Å². The molecule has 1 saturated heterocycles. The van der Waals surface area contributed by atoms with Gasteiger partial charge in [0.2, 0.25) is 0 Å². The molecule has 142 valence electrons. The van der Waals surface area contributed by atoms with Gasteiger partial charge in [0.1, 0.15) is 6.61 Å². The van der Waals surface area contributed by atoms with Gasteiger partial charge in [-0.3, -0.25) is 5.32 Å². The average Bonchev–Trinajstić information content (AvgIpc) is 2.83. The number of hydrogen-bond donors (Lipinski definition) is 1. The molecule has 1 aliphatic heterocycles. The third kappa shape index (κ3) is 4.28. The second-order valence-corrected chi connectivity index (χ2v) is 7.37. The molecular weight excluding hydrogens is 350 g/mol. The highest BCUT2D eigenvalue weighted by molar-refractivity contribution is 6.62. The number of nitrogens with zero attached hydrogens (tertiary/aromatic N) is 1. The summed E-state index contributed by atoms with van der Waals surface area (Å²) < 4.78 is 31.2. The molecule has 8 heteroatoms. The molecule has 0 bridgehead atoms. The van der Waals surface area contributed by atoms with Crippen LogP contribution in [0.15, 0.2) is 42.6 Å². The first-order valence-electron chi connectivity index (χ1n) is 8.67. The van der Waals surface area contributed by atoms with Crippen molar-refractivity contribution in [3.05, 3.63) is 54.0 Å². The Morgan fingerprint density at radius 3 is 2.41 bits per heavy atom. The van der Waals surface area contributed by atoms with Gasteiger partial charge >= 0.3 is 13.2 Å². The van der Waals surface area contributed by atoms with E-state index in [4.69, 9.17) is 14.0 Å². The fourth-order valence-electron chi connectivity index (χ4n) is 2.51. The van der Waals surface area contributed by atoms with Crippen LogP contribution in [0.2, 0.25) is 0 Å². The number of carbonyl (C=O) groups excluding carboxylic acids is 1. The SMILES string of the molecule is CC1(C)OB(c2cnc(NC(=O)OCc3ccccc3)c(F)c2)OC1(C)C. The molecule has 0 aliphatic carbocycles. The van der Waals surface area contributed by atoms with Crippen LogP contribution in [0.5, 0.6) is 0 Å². The summed E-state index contributed by atoms with van der Waals surface area (Å²) in [6, 6.07) is 10.4. The molecule has 1 fully saturated rings. The highest BCUT2D eigenvalue weighted by Crippen LogP contribution is 2.36. The van der Waals surface area contributed by atoms with Gasteiger partial charge in [0, 0.05) is 11.7 Å². The van der Waals surface area contributed by atoms with E-state index in [1.165, 1.54) is 12.3 Å². The fraction of sp³-hybridized carbons (Fsp3) is 0.368. The molecule has 2 aromatic rings. The number of ether oxygens (including phenoxy) is 1. The van der Waals surface area contributed by atoms with Crippen LogP contribution in [0.1, 0.15) is 33.3 Å². The number of aromatic nitrogens is 1. The van der Waals surface area contributed by atoms with Crippen LogP contribution in [0.3, 0.4) is 0 Å². The number of hydrogen-bond acceptors (Lipinski definition) is 5. The Hall–Kier alpha value is -2.45. The normalized spacial score (nSPS) is 17.6. The zero-order chi connectivity index (χ0) is 19.7. The second kappa shape index (κ2) is 7.29. The number of pyridine rings is 1. The summed E-state index contributed by atoms with van der Waals surface area (Å²) in [6.07, 6.45) is 0.631. The van der Waals surface area contributed by atoms with E-state index in [-0.39, 0.29) is 12.4 Å². The fourth-order valence-corrected chi connectivity index (χ4v) is 2.51. The molecule has 6 nitrogen and oxygen atoms in total. The van der Waals surface area contributed by atoms with Crippen molar-refractivity contribution < 1.29 is 23.2 Å². The number of anilines is 1. The summed E-state index contributed by atoms with van der Waals surface area (Å²) in [7, 11) is -0.726. The summed E-state index contributed by atoms with van der Waals surface area (Å²) in [5.41, 5.74) is 0.199. The van der Waals surface area contributed by atoms with E-state index in [0.717, 1.165) is 5.56 Å². The van der Waals surface area contributed by atoms with Gasteiger partial charge in [-0.1, -0.05) is 30.3 Å². The molecule has 2 heterocycles. The van der Waals surface area contributed by atoms with Gasteiger partial charge in [-0.25, -0.2) is 14.2 Å². The second-order valence-electron chi connectivity index (χ2n) is 7.37. The zero-order valence-corrected chi connectivity index (χ0v) is 15.8. The average molecular weight is 372 g/mol. The van der Waals surface area contributed by atoms with E-state index in [1.807, 2.05) is 58.0 Å². The van der Waals surface area contributed by atoms with E-state index >= 15 is 0 Å². The Bertz CT molecular complexity index is 814. The highest BCUT2D eigenvalue weighted by Gasteiger charge is 2.51. The molecule has 3 rings (SSSR count). The van der Waals surface area contributed by atoms with E-state index in [0.29, 0.717) is 5.46 Å². The number of rotatable bonds is 4. The van der Waals surface area contributed by atoms with E-state index in [2.05, 4.69) is 10.3 Å². The van der Waals surface area contributed by atoms with Crippen molar-refractivity contribution in [1.82, 2.24) is 4.98 Å². The maximum absolute atomic E-state index is 14.4. The molecule has 0 radical (unpaired) electrons. The predicted molar refractivity (Wildman–Crippen MR) is 100 cm³/mol. The van der Waals surface area contributed by atoms with Crippen molar-refractivity contribution in [3.63, 3.8) is 0 Å². The smallest absolute Gasteiger partial charge is 0.444 e. The van der Waals surface area contributed by atoms with Crippen LogP contribution in [0.4, 0.5) is 15.0 Å². The van der Waals surface area contributed by atoms with Crippen molar-refractivity contribution in [1.29, 1.82) is 0 Å². The third-order valence-electron chi connectivity index (χ3n) is 4.82. The van der Waals surface area contributed by atoms with Crippen molar-refractivity contribution in [2.45, 2.75) is 45.5 Å². The number of amides is 1. The van der Waals surface area contributed by atoms with Gasteiger partial charge in [-0.15, -0.1) is 0 Å². The summed E-state index contributed by atoms with van der Waals surface area (Å²) in [4.78, 5) is 15.8. The molecule has 1 amide bonds. The molecule has 1 aromatic heterocycles. The van der Waals surface area contributed by atoms with E-state index in [9.17, 15) is 9.18 Å². The molecule has 0 spiro atoms. The van der Waals surface area contributed by atoms with E-state index in [1.54, 1.807) is 0 Å². The summed E-state index contributed by atoms with van der Waals surface area (Å²) in [5, 5.41) is 2.30. The number of nitrogens with one attached hydrogen (secondary N) is 1. The first kappa shape index (κ1) is 19.3. The van der Waals surface area contributed by atoms with E-state index < -0.39 is 30.2 Å². The summed E-state index contributed by atoms with van der Waals surface area (Å²) in [5.74, 6) is -0.910. The first-order valence-corrected chi connectivity index (χ1v) is 8.67. The Morgan fingerprint density at radius 2 is 1.81 bits per heavy atom. The molecule has 0 saturated carbocycles. The lowest BCUT2D eigenvalue weighted by Crippen LogP contribution is -2.41. The molecule has 27 heavy (non-hydrogen) atoms. The minimum Gasteiger partial charge on any atom is -0.444 e. The molecule has 0 atom stereocenters. The minimum atomic E-state index is -0.784. The quantitative estimate of drug-likeness (QED) is 0.835. The molecule has 1 aromatic carbocycles. The number of halogens is 1. The Morgan fingerprint density at radius 1 is 1.19 bits per heavy atom. The largest absolute Gasteiger partial charge is 0.496 e. The van der Waals surface area contributed by atoms with Crippen molar-refractivity contribution >= 4 is 24.5 Å². The number of carbonyl (C=O) groups is 1. The van der Waals surface area contributed by atoms with Crippen LogP contribution in [0, 0.1) is 5.82 Å². The topological polar surface area (TPSA) is 69.7 Å². The Labute approximate surface area is 158 Å². The molecule has 1 aliphatic rings. The number of benzene rings is 1. The maximum Gasteiger partial charge on any atom is 0.496 e. The van der Waals surface area contributed by atoms with Gasteiger partial charge in [0.15, 0.2) is 11.6 Å². The minimum absolute atomic E-state index is 0.0836. The Kier molecular flexibility index (Phi) is 5.21. The third-order valence-corrected chi connectivity index (χ3v) is 4.82. The summed E-state index contributed by atoms with van der Waals surface area (Å²) in [6.45, 7) is 7.73. The van der Waals surface area contributed by atoms with Gasteiger partial charge in [0.25, 0.3) is 0 Å². The van der Waals surface area contributed by atoms with Gasteiger partial charge in [-0.05, 0) is 39.3 Å². The standard InChI is InChI=1S/C19H22BFN2O4/c1-18(2)19(3,4)27-20(26-18)14-10-15(21)16(22-11-14)23-17(24)25-12-13-8-6-5-7-9-13/h5-11H,12H2,1-4H3,(H,22,23,24). The maximum atomic E-state index is 14.4. The van der Waals surface area contributed by atoms with Gasteiger partial charge < -0.3 is 14.0 Å².